The Kier molecular flexibility index (Phi) is 13.2. The number of rotatable bonds is 11. The fourth-order valence-electron chi connectivity index (χ4n) is 15.0. The average molecular weight is 1210 g/mol. The van der Waals surface area contributed by atoms with E-state index >= 15 is 0 Å². The molecular formula is C85H58B2N4OS. The van der Waals surface area contributed by atoms with Gasteiger partial charge in [0, 0.05) is 72.6 Å². The summed E-state index contributed by atoms with van der Waals surface area (Å²) >= 11 is 1.86. The van der Waals surface area contributed by atoms with E-state index in [0.29, 0.717) is 0 Å². The Hall–Kier alpha value is -11.4. The summed E-state index contributed by atoms with van der Waals surface area (Å²) in [4.78, 5) is 12.4. The molecule has 0 aliphatic carbocycles. The number of para-hydroxylation sites is 6. The van der Waals surface area contributed by atoms with Crippen molar-refractivity contribution in [3.63, 3.8) is 0 Å². The van der Waals surface area contributed by atoms with Crippen molar-refractivity contribution in [1.29, 1.82) is 0 Å². The van der Waals surface area contributed by atoms with Gasteiger partial charge < -0.3 is 24.3 Å². The number of hydrogen-bond acceptors (Lipinski definition) is 6. The van der Waals surface area contributed by atoms with Crippen molar-refractivity contribution in [3.05, 3.63) is 339 Å². The number of fused-ring (bicyclic) bond motifs is 8. The summed E-state index contributed by atoms with van der Waals surface area (Å²) in [5, 5.41) is 0. The molecule has 0 saturated carbocycles. The minimum absolute atomic E-state index is 0.111. The average Bonchev–Trinajstić information content (AvgIpc) is 0.708. The third-order valence-electron chi connectivity index (χ3n) is 19.0. The lowest BCUT2D eigenvalue weighted by Gasteiger charge is -2.46. The lowest BCUT2D eigenvalue weighted by atomic mass is 9.31. The van der Waals surface area contributed by atoms with Gasteiger partial charge in [-0.25, -0.2) is 0 Å². The Morgan fingerprint density at radius 1 is 0.301 bits per heavy atom. The van der Waals surface area contributed by atoms with Crippen molar-refractivity contribution in [2.45, 2.75) is 16.7 Å². The van der Waals surface area contributed by atoms with E-state index in [1.54, 1.807) is 0 Å². The van der Waals surface area contributed by atoms with Crippen LogP contribution in [0.15, 0.2) is 343 Å². The molecule has 14 aromatic rings. The Bertz CT molecular complexity index is 5160. The Morgan fingerprint density at radius 3 is 1.52 bits per heavy atom. The van der Waals surface area contributed by atoms with Crippen molar-refractivity contribution in [3.8, 4) is 44.9 Å². The molecule has 0 radical (unpaired) electrons. The van der Waals surface area contributed by atoms with E-state index in [9.17, 15) is 0 Å². The zero-order valence-corrected chi connectivity index (χ0v) is 51.8. The Labute approximate surface area is 547 Å². The number of benzene rings is 14. The van der Waals surface area contributed by atoms with Gasteiger partial charge >= 0.3 is 0 Å². The van der Waals surface area contributed by atoms with Gasteiger partial charge in [-0.3, -0.25) is 0 Å². The molecule has 18 rings (SSSR count). The molecule has 0 amide bonds. The SMILES string of the molecule is Cc1cccc(-c2ccccc2)c1N1c2cc3c(cc2B2c4ccccc4N(c4ccccc4)c4cc(N(c5ccc(-c6ccccc6)cc5)c5cccc(-c6ccccc6)c5)cc1c42)B1c2ccccc2Oc2cc(N(c4ccccc4)c4ccccc4)cc(c21)S3. The summed E-state index contributed by atoms with van der Waals surface area (Å²) < 4.78 is 7.16. The molecule has 14 aromatic carbocycles. The molecule has 4 aliphatic rings. The van der Waals surface area contributed by atoms with Gasteiger partial charge in [-0.2, -0.15) is 0 Å². The molecule has 0 atom stereocenters. The molecule has 436 valence electrons. The zero-order valence-electron chi connectivity index (χ0n) is 51.0. The standard InChI is InChI=1S/C85H58B2N4OS/c1-57-26-24-41-70(61-31-12-4-13-32-61)85(57)91-76-56-81-74(87-72-43-21-23-45-79(72)92-80-53-69(54-82(93-81)84(80)87)88(63-34-14-5-15-35-63)64-36-16-6-17-37-64)55-73(76)86-71-42-20-22-44-75(71)90(65-38-18-7-19-39-65)77-51-68(52-78(91)83(77)86)89(66-48-46-60(47-49-66)58-27-8-2-9-28-58)67-40-25-33-62(50-67)59-29-10-3-11-30-59/h2-56H,1H3. The highest BCUT2D eigenvalue weighted by Crippen LogP contribution is 2.52. The Morgan fingerprint density at radius 2 is 0.817 bits per heavy atom. The maximum Gasteiger partial charge on any atom is 0.253 e. The third-order valence-corrected chi connectivity index (χ3v) is 20.1. The smallest absolute Gasteiger partial charge is 0.253 e. The van der Waals surface area contributed by atoms with E-state index in [0.717, 1.165) is 108 Å². The van der Waals surface area contributed by atoms with Gasteiger partial charge in [0.1, 0.15) is 11.5 Å². The second-order valence-electron chi connectivity index (χ2n) is 24.4. The molecule has 93 heavy (non-hydrogen) atoms. The first-order valence-corrected chi connectivity index (χ1v) is 32.8. The van der Waals surface area contributed by atoms with Crippen LogP contribution >= 0.6 is 11.8 Å². The maximum atomic E-state index is 7.16. The van der Waals surface area contributed by atoms with Crippen LogP contribution in [0.1, 0.15) is 5.56 Å². The first kappa shape index (κ1) is 54.5. The lowest BCUT2D eigenvalue weighted by molar-refractivity contribution is 0.486. The van der Waals surface area contributed by atoms with Crippen LogP contribution in [0.3, 0.4) is 0 Å². The van der Waals surface area contributed by atoms with Gasteiger partial charge in [0.05, 0.1) is 17.1 Å². The van der Waals surface area contributed by atoms with Crippen LogP contribution in [-0.2, 0) is 0 Å². The molecule has 0 spiro atoms. The predicted molar refractivity (Wildman–Crippen MR) is 393 cm³/mol. The normalized spacial score (nSPS) is 12.7. The van der Waals surface area contributed by atoms with E-state index in [1.807, 2.05) is 11.8 Å². The number of hydrogen-bond donors (Lipinski definition) is 0. The van der Waals surface area contributed by atoms with E-state index in [1.165, 1.54) is 53.7 Å². The molecule has 0 unspecified atom stereocenters. The minimum Gasteiger partial charge on any atom is -0.458 e. The van der Waals surface area contributed by atoms with Gasteiger partial charge in [-0.05, 0) is 165 Å². The molecule has 0 N–H and O–H groups in total. The van der Waals surface area contributed by atoms with Crippen LogP contribution in [-0.4, -0.2) is 13.4 Å². The predicted octanol–water partition coefficient (Wildman–Crippen LogP) is 19.1. The molecule has 5 nitrogen and oxygen atoms in total. The molecule has 8 heteroatoms. The van der Waals surface area contributed by atoms with Crippen LogP contribution in [0.25, 0.3) is 33.4 Å². The highest BCUT2D eigenvalue weighted by molar-refractivity contribution is 8.00. The van der Waals surface area contributed by atoms with E-state index in [2.05, 4.69) is 360 Å². The summed E-state index contributed by atoms with van der Waals surface area (Å²) in [5.74, 6) is 1.76. The topological polar surface area (TPSA) is 22.2 Å². The highest BCUT2D eigenvalue weighted by Gasteiger charge is 2.47. The summed E-state index contributed by atoms with van der Waals surface area (Å²) in [7, 11) is 0. The summed E-state index contributed by atoms with van der Waals surface area (Å²) in [5.41, 5.74) is 28.6. The first-order valence-electron chi connectivity index (χ1n) is 32.0. The van der Waals surface area contributed by atoms with Crippen LogP contribution in [0, 0.1) is 6.92 Å². The van der Waals surface area contributed by atoms with Crippen LogP contribution in [0.4, 0.5) is 68.2 Å². The van der Waals surface area contributed by atoms with Gasteiger partial charge in [0.25, 0.3) is 13.4 Å². The molecule has 4 aliphatic heterocycles. The van der Waals surface area contributed by atoms with Crippen molar-refractivity contribution in [2.75, 3.05) is 19.6 Å². The number of nitrogens with zero attached hydrogens (tertiary/aromatic N) is 4. The highest BCUT2D eigenvalue weighted by atomic mass is 32.2. The quantitative estimate of drug-likeness (QED) is 0.120. The van der Waals surface area contributed by atoms with Crippen molar-refractivity contribution >= 4 is 126 Å². The minimum atomic E-state index is -0.172. The second-order valence-corrected chi connectivity index (χ2v) is 25.5. The summed E-state index contributed by atoms with van der Waals surface area (Å²) in [6.45, 7) is 2.01. The van der Waals surface area contributed by atoms with E-state index in [4.69, 9.17) is 4.74 Å². The molecule has 4 heterocycles. The second kappa shape index (κ2) is 22.5. The van der Waals surface area contributed by atoms with Crippen molar-refractivity contribution < 1.29 is 4.74 Å². The van der Waals surface area contributed by atoms with E-state index in [-0.39, 0.29) is 13.4 Å². The van der Waals surface area contributed by atoms with Crippen molar-refractivity contribution in [1.82, 2.24) is 0 Å². The maximum absolute atomic E-state index is 7.16. The van der Waals surface area contributed by atoms with Gasteiger partial charge in [0.15, 0.2) is 0 Å². The van der Waals surface area contributed by atoms with Gasteiger partial charge in [-0.15, -0.1) is 0 Å². The summed E-state index contributed by atoms with van der Waals surface area (Å²) in [6, 6.07) is 123. The lowest BCUT2D eigenvalue weighted by Crippen LogP contribution is -2.64. The van der Waals surface area contributed by atoms with E-state index < -0.39 is 0 Å². The number of aryl methyl sites for hydroxylation is 1. The summed E-state index contributed by atoms with van der Waals surface area (Å²) in [6.07, 6.45) is 0. The van der Waals surface area contributed by atoms with Crippen LogP contribution < -0.4 is 57.1 Å². The first-order chi connectivity index (χ1) is 46.1. The zero-order chi connectivity index (χ0) is 61.5. The molecular weight excluding hydrogens is 1150 g/mol. The third kappa shape index (κ3) is 9.19. The molecule has 0 aromatic heterocycles. The molecule has 0 saturated heterocycles. The van der Waals surface area contributed by atoms with Gasteiger partial charge in [0.2, 0.25) is 0 Å². The van der Waals surface area contributed by atoms with Crippen molar-refractivity contribution in [2.24, 2.45) is 0 Å². The van der Waals surface area contributed by atoms with Gasteiger partial charge in [-0.1, -0.05) is 248 Å². The number of ether oxygens (including phenoxy) is 1. The molecule has 0 fully saturated rings. The number of anilines is 12. The Balaban J connectivity index is 0.928. The largest absolute Gasteiger partial charge is 0.458 e. The molecule has 0 bridgehead atoms. The van der Waals surface area contributed by atoms with Crippen LogP contribution in [0.5, 0.6) is 11.5 Å². The fourth-order valence-corrected chi connectivity index (χ4v) is 16.2. The monoisotopic (exact) mass is 1200 g/mol. The fraction of sp³-hybridized carbons (Fsp3) is 0.0118. The van der Waals surface area contributed by atoms with Crippen LogP contribution in [0.2, 0.25) is 0 Å².